The van der Waals surface area contributed by atoms with Crippen LogP contribution < -0.4 is 5.32 Å². The maximum absolute atomic E-state index is 14.0. The lowest BCUT2D eigenvalue weighted by Gasteiger charge is -2.13. The second-order valence-corrected chi connectivity index (χ2v) is 4.94. The van der Waals surface area contributed by atoms with E-state index in [0.717, 1.165) is 29.8 Å². The van der Waals surface area contributed by atoms with E-state index < -0.39 is 0 Å². The molecular weight excluding hydrogens is 261 g/mol. The molecule has 0 aliphatic carbocycles. The third-order valence-electron chi connectivity index (χ3n) is 3.24. The van der Waals surface area contributed by atoms with Crippen LogP contribution in [-0.4, -0.2) is 6.54 Å². The quantitative estimate of drug-likeness (QED) is 0.792. The first kappa shape index (κ1) is 12.2. The second-order valence-electron chi connectivity index (χ2n) is 4.50. The number of anilines is 1. The molecule has 1 aliphatic heterocycles. The molecule has 1 aliphatic rings. The highest BCUT2D eigenvalue weighted by molar-refractivity contribution is 6.31. The van der Waals surface area contributed by atoms with Gasteiger partial charge in [0.1, 0.15) is 5.82 Å². The van der Waals surface area contributed by atoms with E-state index in [4.69, 9.17) is 11.6 Å². The van der Waals surface area contributed by atoms with Crippen molar-refractivity contribution in [2.75, 3.05) is 11.9 Å². The summed E-state index contributed by atoms with van der Waals surface area (Å²) < 4.78 is 14.0. The summed E-state index contributed by atoms with van der Waals surface area (Å²) in [6, 6.07) is 12.5. The molecule has 96 valence electrons. The Kier molecular flexibility index (Phi) is 3.26. The van der Waals surface area contributed by atoms with Gasteiger partial charge in [0.05, 0.1) is 0 Å². The van der Waals surface area contributed by atoms with E-state index in [0.29, 0.717) is 10.6 Å². The summed E-state index contributed by atoms with van der Waals surface area (Å²) in [5.41, 5.74) is 3.47. The summed E-state index contributed by atoms with van der Waals surface area (Å²) >= 11 is 6.07. The van der Waals surface area contributed by atoms with Crippen LogP contribution in [0.5, 0.6) is 0 Å². The molecule has 0 fully saturated rings. The lowest BCUT2D eigenvalue weighted by molar-refractivity contribution is 0.624. The molecule has 0 atom stereocenters. The van der Waals surface area contributed by atoms with Gasteiger partial charge in [-0.3, -0.25) is 0 Å². The van der Waals surface area contributed by atoms with Crippen molar-refractivity contribution in [3.05, 3.63) is 70.5 Å². The highest BCUT2D eigenvalue weighted by Crippen LogP contribution is 2.34. The van der Waals surface area contributed by atoms with E-state index in [9.17, 15) is 4.39 Å². The predicted octanol–water partition coefficient (Wildman–Crippen LogP) is 4.73. The summed E-state index contributed by atoms with van der Waals surface area (Å²) in [4.78, 5) is 0. The summed E-state index contributed by atoms with van der Waals surface area (Å²) in [6.07, 6.45) is 2.92. The second kappa shape index (κ2) is 5.06. The lowest BCUT2D eigenvalue weighted by atomic mass is 9.96. The van der Waals surface area contributed by atoms with Crippen LogP contribution in [0.25, 0.3) is 5.57 Å². The Labute approximate surface area is 116 Å². The summed E-state index contributed by atoms with van der Waals surface area (Å²) in [7, 11) is 0. The van der Waals surface area contributed by atoms with Crippen molar-refractivity contribution >= 4 is 22.9 Å². The van der Waals surface area contributed by atoms with Crippen LogP contribution in [0.1, 0.15) is 17.5 Å². The Balaban J connectivity index is 2.20. The van der Waals surface area contributed by atoms with Gasteiger partial charge in [-0.05, 0) is 36.3 Å². The van der Waals surface area contributed by atoms with Crippen LogP contribution in [0.4, 0.5) is 10.1 Å². The number of rotatable bonds is 1. The van der Waals surface area contributed by atoms with Gasteiger partial charge in [0, 0.05) is 28.4 Å². The Morgan fingerprint density at radius 3 is 2.74 bits per heavy atom. The van der Waals surface area contributed by atoms with Crippen LogP contribution in [0.2, 0.25) is 5.02 Å². The molecule has 0 bridgehead atoms. The van der Waals surface area contributed by atoms with Gasteiger partial charge in [-0.2, -0.15) is 0 Å². The minimum Gasteiger partial charge on any atom is -0.384 e. The fourth-order valence-electron chi connectivity index (χ4n) is 2.36. The van der Waals surface area contributed by atoms with E-state index >= 15 is 0 Å². The monoisotopic (exact) mass is 273 g/mol. The lowest BCUT2D eigenvalue weighted by Crippen LogP contribution is -2.00. The zero-order valence-electron chi connectivity index (χ0n) is 10.3. The highest BCUT2D eigenvalue weighted by Gasteiger charge is 2.15. The molecule has 3 heteroatoms. The van der Waals surface area contributed by atoms with Crippen LogP contribution in [-0.2, 0) is 0 Å². The molecule has 19 heavy (non-hydrogen) atoms. The number of hydrogen-bond donors (Lipinski definition) is 1. The average Bonchev–Trinajstić information content (AvgIpc) is 2.61. The first-order valence-corrected chi connectivity index (χ1v) is 6.62. The Morgan fingerprint density at radius 2 is 1.89 bits per heavy atom. The molecule has 3 rings (SSSR count). The van der Waals surface area contributed by atoms with Gasteiger partial charge in [0.2, 0.25) is 0 Å². The van der Waals surface area contributed by atoms with Crippen LogP contribution in [0, 0.1) is 5.82 Å². The van der Waals surface area contributed by atoms with Crippen molar-refractivity contribution in [2.24, 2.45) is 0 Å². The van der Waals surface area contributed by atoms with Crippen molar-refractivity contribution < 1.29 is 4.39 Å². The van der Waals surface area contributed by atoms with Gasteiger partial charge in [-0.1, -0.05) is 35.9 Å². The highest BCUT2D eigenvalue weighted by atomic mass is 35.5. The molecule has 2 aromatic carbocycles. The predicted molar refractivity (Wildman–Crippen MR) is 78.0 cm³/mol. The molecule has 1 heterocycles. The van der Waals surface area contributed by atoms with Crippen molar-refractivity contribution in [3.8, 4) is 0 Å². The molecule has 0 saturated carbocycles. The number of benzene rings is 2. The van der Waals surface area contributed by atoms with E-state index in [1.807, 2.05) is 24.3 Å². The summed E-state index contributed by atoms with van der Waals surface area (Å²) in [6.45, 7) is 0.840. The smallest absolute Gasteiger partial charge is 0.131 e. The largest absolute Gasteiger partial charge is 0.384 e. The van der Waals surface area contributed by atoms with Gasteiger partial charge in [-0.15, -0.1) is 0 Å². The number of nitrogens with one attached hydrogen (secondary N) is 1. The molecule has 0 radical (unpaired) electrons. The third kappa shape index (κ3) is 2.36. The van der Waals surface area contributed by atoms with Crippen LogP contribution in [0.3, 0.4) is 0 Å². The minimum atomic E-state index is -0.207. The zero-order chi connectivity index (χ0) is 13.2. The molecule has 1 nitrogen and oxygen atoms in total. The van der Waals surface area contributed by atoms with Crippen molar-refractivity contribution in [2.45, 2.75) is 6.42 Å². The number of halogens is 2. The topological polar surface area (TPSA) is 12.0 Å². The Morgan fingerprint density at radius 1 is 1.05 bits per heavy atom. The molecule has 0 saturated heterocycles. The number of hydrogen-bond acceptors (Lipinski definition) is 1. The molecular formula is C16H13ClFN. The Bertz CT molecular complexity index is 649. The summed E-state index contributed by atoms with van der Waals surface area (Å²) in [5, 5.41) is 4.00. The van der Waals surface area contributed by atoms with Crippen molar-refractivity contribution in [1.82, 2.24) is 0 Å². The minimum absolute atomic E-state index is 0.207. The van der Waals surface area contributed by atoms with E-state index in [1.165, 1.54) is 6.07 Å². The average molecular weight is 274 g/mol. The summed E-state index contributed by atoms with van der Waals surface area (Å²) in [5.74, 6) is -0.207. The zero-order valence-corrected chi connectivity index (χ0v) is 11.0. The van der Waals surface area contributed by atoms with Crippen LogP contribution >= 0.6 is 11.6 Å². The molecule has 0 amide bonds. The first-order chi connectivity index (χ1) is 9.25. The molecule has 0 spiro atoms. The van der Waals surface area contributed by atoms with Crippen LogP contribution in [0.15, 0.2) is 48.5 Å². The van der Waals surface area contributed by atoms with Gasteiger partial charge >= 0.3 is 0 Å². The maximum Gasteiger partial charge on any atom is 0.131 e. The van der Waals surface area contributed by atoms with Gasteiger partial charge in [-0.25, -0.2) is 4.39 Å². The van der Waals surface area contributed by atoms with E-state index in [2.05, 4.69) is 11.4 Å². The molecule has 0 aromatic heterocycles. The molecule has 0 unspecified atom stereocenters. The molecule has 1 N–H and O–H groups in total. The third-order valence-corrected chi connectivity index (χ3v) is 3.48. The number of fused-ring (bicyclic) bond motifs is 1. The Hall–Kier alpha value is -1.80. The fraction of sp³-hybridized carbons (Fsp3) is 0.125. The fourth-order valence-corrected chi connectivity index (χ4v) is 2.53. The van der Waals surface area contributed by atoms with Crippen molar-refractivity contribution in [3.63, 3.8) is 0 Å². The van der Waals surface area contributed by atoms with Gasteiger partial charge in [0.15, 0.2) is 0 Å². The van der Waals surface area contributed by atoms with Crippen molar-refractivity contribution in [1.29, 1.82) is 0 Å². The SMILES string of the molecule is Fc1ccccc1C1=CCCNc2ccc(Cl)cc21. The maximum atomic E-state index is 14.0. The van der Waals surface area contributed by atoms with E-state index in [1.54, 1.807) is 12.1 Å². The normalized spacial score (nSPS) is 14.1. The first-order valence-electron chi connectivity index (χ1n) is 6.24. The van der Waals surface area contributed by atoms with Gasteiger partial charge in [0.25, 0.3) is 0 Å². The standard InChI is InChI=1S/C16H13ClFN/c17-11-7-8-16-14(10-11)12(5-3-9-19-16)13-4-1-2-6-15(13)18/h1-2,4-8,10,19H,3,9H2. The van der Waals surface area contributed by atoms with Gasteiger partial charge < -0.3 is 5.32 Å². The molecule has 2 aromatic rings. The van der Waals surface area contributed by atoms with E-state index in [-0.39, 0.29) is 5.82 Å².